The first kappa shape index (κ1) is 6.92. The molecule has 0 fully saturated rings. The molecule has 0 amide bonds. The van der Waals surface area contributed by atoms with Crippen molar-refractivity contribution in [2.24, 2.45) is 5.92 Å². The van der Waals surface area contributed by atoms with Crippen LogP contribution in [0.15, 0.2) is 0 Å². The summed E-state index contributed by atoms with van der Waals surface area (Å²) >= 11 is 0. The van der Waals surface area contributed by atoms with E-state index in [2.05, 4.69) is 0 Å². The highest BCUT2D eigenvalue weighted by Crippen LogP contribution is 1.96. The predicted molar refractivity (Wildman–Crippen MR) is 28.8 cm³/mol. The fourth-order valence-electron chi connectivity index (χ4n) is 0.211. The van der Waals surface area contributed by atoms with E-state index >= 15 is 0 Å². The maximum Gasteiger partial charge on any atom is 0.0600 e. The van der Waals surface area contributed by atoms with Crippen LogP contribution in [-0.2, 0) is 0 Å². The number of rotatable bonds is 2. The first-order chi connectivity index (χ1) is 3.18. The second-order valence-corrected chi connectivity index (χ2v) is 2.03. The van der Waals surface area contributed by atoms with Crippen molar-refractivity contribution in [3.63, 3.8) is 0 Å². The topological polar surface area (TPSA) is 44.0 Å². The van der Waals surface area contributed by atoms with E-state index in [1.165, 1.54) is 0 Å². The fourth-order valence-corrected chi connectivity index (χ4v) is 0.211. The quantitative estimate of drug-likeness (QED) is 0.535. The van der Waals surface area contributed by atoms with Gasteiger partial charge < -0.3 is 5.11 Å². The van der Waals surface area contributed by atoms with Gasteiger partial charge in [-0.25, -0.2) is 0 Å². The number of aliphatic hydroxyl groups is 1. The molecule has 7 heavy (non-hydrogen) atoms. The maximum absolute atomic E-state index is 8.32. The molecule has 0 unspecified atom stereocenters. The molecule has 0 aliphatic heterocycles. The Labute approximate surface area is 44.3 Å². The van der Waals surface area contributed by atoms with E-state index in [0.29, 0.717) is 0 Å². The number of hydrogen-bond donors (Lipinski definition) is 1. The molecule has 0 aromatic carbocycles. The zero-order chi connectivity index (χ0) is 5.86. The van der Waals surface area contributed by atoms with Crippen LogP contribution in [0.3, 0.4) is 0 Å². The van der Waals surface area contributed by atoms with Crippen molar-refractivity contribution in [1.29, 1.82) is 0 Å². The molecule has 43 valence electrons. The second kappa shape index (κ2) is 2.99. The van der Waals surface area contributed by atoms with Gasteiger partial charge in [-0.2, -0.15) is 0 Å². The summed E-state index contributed by atoms with van der Waals surface area (Å²) in [4.78, 5) is 0. The summed E-state index contributed by atoms with van der Waals surface area (Å²) in [6.07, 6.45) is 0. The molecule has 1 radical (unpaired) electrons. The molecular weight excluding hydrogens is 90.1 g/mol. The molecule has 0 aromatic heterocycles. The van der Waals surface area contributed by atoms with Gasteiger partial charge in [0.1, 0.15) is 0 Å². The highest BCUT2D eigenvalue weighted by Gasteiger charge is 2.03. The summed E-state index contributed by atoms with van der Waals surface area (Å²) in [5.74, 6) is 0.282. The molecule has 1 atom stereocenters. The molecule has 0 rings (SSSR count). The van der Waals surface area contributed by atoms with Crippen molar-refractivity contribution in [1.82, 2.24) is 5.73 Å². The van der Waals surface area contributed by atoms with Crippen LogP contribution in [0.5, 0.6) is 0 Å². The molecule has 0 heterocycles. The van der Waals surface area contributed by atoms with E-state index in [-0.39, 0.29) is 18.6 Å². The second-order valence-electron chi connectivity index (χ2n) is 2.03. The van der Waals surface area contributed by atoms with Crippen LogP contribution >= 0.6 is 0 Å². The van der Waals surface area contributed by atoms with E-state index < -0.39 is 0 Å². The Bertz CT molecular complexity index is 45.3. The molecule has 0 saturated carbocycles. The third-order valence-corrected chi connectivity index (χ3v) is 1.00. The van der Waals surface area contributed by atoms with Gasteiger partial charge in [0, 0.05) is 6.04 Å². The summed E-state index contributed by atoms with van der Waals surface area (Å²) in [5.41, 5.74) is 7.03. The normalized spacial score (nSPS) is 15.0. The molecule has 0 spiro atoms. The molecule has 2 nitrogen and oxygen atoms in total. The Hall–Kier alpha value is -0.0800. The van der Waals surface area contributed by atoms with E-state index in [1.807, 2.05) is 13.8 Å². The van der Waals surface area contributed by atoms with Gasteiger partial charge in [-0.05, 0) is 5.92 Å². The van der Waals surface area contributed by atoms with Gasteiger partial charge in [0.05, 0.1) is 6.61 Å². The summed E-state index contributed by atoms with van der Waals surface area (Å²) < 4.78 is 0. The Morgan fingerprint density at radius 2 is 2.00 bits per heavy atom. The zero-order valence-corrected chi connectivity index (χ0v) is 4.81. The van der Waals surface area contributed by atoms with Crippen LogP contribution in [0.25, 0.3) is 0 Å². The lowest BCUT2D eigenvalue weighted by atomic mass is 10.1. The van der Waals surface area contributed by atoms with Gasteiger partial charge in [-0.1, -0.05) is 13.8 Å². The molecule has 0 aromatic rings. The molecule has 0 aliphatic rings. The van der Waals surface area contributed by atoms with Gasteiger partial charge >= 0.3 is 0 Å². The lowest BCUT2D eigenvalue weighted by Gasteiger charge is -2.08. The first-order valence-corrected chi connectivity index (χ1v) is 2.50. The van der Waals surface area contributed by atoms with E-state index in [1.54, 1.807) is 0 Å². The summed E-state index contributed by atoms with van der Waals surface area (Å²) in [5, 5.41) is 8.32. The van der Waals surface area contributed by atoms with Gasteiger partial charge in [0.2, 0.25) is 0 Å². The molecule has 0 aliphatic carbocycles. The Morgan fingerprint density at radius 1 is 1.57 bits per heavy atom. The third kappa shape index (κ3) is 2.60. The lowest BCUT2D eigenvalue weighted by Crippen LogP contribution is -2.20. The monoisotopic (exact) mass is 102 g/mol. The minimum absolute atomic E-state index is 0.0162. The highest BCUT2D eigenvalue weighted by atomic mass is 16.3. The van der Waals surface area contributed by atoms with Crippen LogP contribution in [-0.4, -0.2) is 17.8 Å². The van der Waals surface area contributed by atoms with Crippen LogP contribution in [0, 0.1) is 5.92 Å². The van der Waals surface area contributed by atoms with Crippen molar-refractivity contribution in [2.75, 3.05) is 6.61 Å². The Kier molecular flexibility index (Phi) is 2.96. The SMILES string of the molecule is CC(C)[C@H]([NH])CO. The average molecular weight is 102 g/mol. The summed E-state index contributed by atoms with van der Waals surface area (Å²) in [6, 6.07) is -0.292. The first-order valence-electron chi connectivity index (χ1n) is 2.50. The Balaban J connectivity index is 3.14. The van der Waals surface area contributed by atoms with Crippen molar-refractivity contribution in [3.05, 3.63) is 0 Å². The van der Waals surface area contributed by atoms with Gasteiger partial charge in [-0.3, -0.25) is 5.73 Å². The van der Waals surface area contributed by atoms with Crippen molar-refractivity contribution in [2.45, 2.75) is 19.9 Å². The molecule has 2 N–H and O–H groups in total. The minimum atomic E-state index is -0.292. The number of hydrogen-bond acceptors (Lipinski definition) is 1. The standard InChI is InChI=1S/C5H12NO/c1-4(2)5(6)3-7/h4-7H,3H2,1-2H3/t5-/m1/s1. The van der Waals surface area contributed by atoms with E-state index in [9.17, 15) is 0 Å². The lowest BCUT2D eigenvalue weighted by molar-refractivity contribution is 0.234. The van der Waals surface area contributed by atoms with Crippen molar-refractivity contribution < 1.29 is 5.11 Å². The maximum atomic E-state index is 8.32. The average Bonchev–Trinajstić information content (AvgIpc) is 1.65. The van der Waals surface area contributed by atoms with Gasteiger partial charge in [0.25, 0.3) is 0 Å². The summed E-state index contributed by atoms with van der Waals surface area (Å²) in [6.45, 7) is 3.83. The van der Waals surface area contributed by atoms with Gasteiger partial charge in [-0.15, -0.1) is 0 Å². The minimum Gasteiger partial charge on any atom is -0.395 e. The summed E-state index contributed by atoms with van der Waals surface area (Å²) in [7, 11) is 0. The van der Waals surface area contributed by atoms with Crippen molar-refractivity contribution in [3.8, 4) is 0 Å². The fraction of sp³-hybridized carbons (Fsp3) is 1.00. The van der Waals surface area contributed by atoms with Crippen LogP contribution in [0.2, 0.25) is 0 Å². The van der Waals surface area contributed by atoms with Crippen LogP contribution < -0.4 is 5.73 Å². The van der Waals surface area contributed by atoms with Gasteiger partial charge in [0.15, 0.2) is 0 Å². The number of nitrogens with one attached hydrogen (secondary N) is 1. The highest BCUT2D eigenvalue weighted by molar-refractivity contribution is 4.60. The third-order valence-electron chi connectivity index (χ3n) is 1.00. The van der Waals surface area contributed by atoms with Crippen LogP contribution in [0.1, 0.15) is 13.8 Å². The number of aliphatic hydroxyl groups excluding tert-OH is 1. The van der Waals surface area contributed by atoms with E-state index in [0.717, 1.165) is 0 Å². The van der Waals surface area contributed by atoms with Crippen molar-refractivity contribution >= 4 is 0 Å². The molecule has 0 saturated heterocycles. The molecule has 2 heteroatoms. The van der Waals surface area contributed by atoms with E-state index in [4.69, 9.17) is 10.8 Å². The van der Waals surface area contributed by atoms with Crippen LogP contribution in [0.4, 0.5) is 0 Å². The molecule has 0 bridgehead atoms. The molecular formula is C5H12NO. The zero-order valence-electron chi connectivity index (χ0n) is 4.81. The Morgan fingerprint density at radius 3 is 2.00 bits per heavy atom. The predicted octanol–water partition coefficient (Wildman–Crippen LogP) is 0.286. The smallest absolute Gasteiger partial charge is 0.0600 e. The largest absolute Gasteiger partial charge is 0.395 e.